The monoisotopic (exact) mass is 668 g/mol. The summed E-state index contributed by atoms with van der Waals surface area (Å²) in [5, 5.41) is 31.3. The van der Waals surface area contributed by atoms with E-state index in [0.29, 0.717) is 0 Å². The highest BCUT2D eigenvalue weighted by atomic mass is 32.2. The topological polar surface area (TPSA) is 196 Å². The largest absolute Gasteiger partial charge is 0.506 e. The minimum atomic E-state index is -4.16. The summed E-state index contributed by atoms with van der Waals surface area (Å²) in [6.07, 6.45) is -0.713. The SMILES string of the molecule is CNS(=O)(=O)c1cccc(OCC(O)CN(C(=O)O)C2COC3(CCN(S(=O)(=O)c4cnc5cc(F)ccc5c4O)CC3)C2)c1. The van der Waals surface area contributed by atoms with Crippen molar-refractivity contribution >= 4 is 37.0 Å². The molecule has 17 heteroatoms. The van der Waals surface area contributed by atoms with Crippen molar-refractivity contribution in [2.24, 2.45) is 0 Å². The van der Waals surface area contributed by atoms with Crippen LogP contribution in [-0.2, 0) is 24.8 Å². The Labute approximate surface area is 259 Å². The van der Waals surface area contributed by atoms with Gasteiger partial charge in [-0.2, -0.15) is 4.31 Å². The summed E-state index contributed by atoms with van der Waals surface area (Å²) in [7, 11) is -6.59. The standard InChI is InChI=1S/C28H33FN4O10S2/c1-30-44(38,39)22-4-2-3-21(12-22)42-17-20(34)15-33(27(36)37)19-13-28(43-16-19)7-9-32(10-8-28)45(40,41)25-14-31-24-11-18(29)5-6-23(24)26(25)35/h2-6,11-12,14,19-20,30,34H,7-10,13,15-17H2,1H3,(H,31,35)(H,36,37). The predicted molar refractivity (Wildman–Crippen MR) is 157 cm³/mol. The number of carbonyl (C=O) groups is 1. The molecule has 2 fully saturated rings. The number of carboxylic acid groups (broad SMARTS) is 1. The Balaban J connectivity index is 1.19. The third-order valence-electron chi connectivity index (χ3n) is 8.13. The van der Waals surface area contributed by atoms with Gasteiger partial charge < -0.3 is 29.7 Å². The van der Waals surface area contributed by atoms with Crippen molar-refractivity contribution in [3.05, 3.63) is 54.5 Å². The van der Waals surface area contributed by atoms with Crippen LogP contribution in [0, 0.1) is 5.82 Å². The molecule has 2 aromatic carbocycles. The molecule has 3 heterocycles. The highest BCUT2D eigenvalue weighted by Gasteiger charge is 2.47. The third kappa shape index (κ3) is 6.83. The zero-order chi connectivity index (χ0) is 32.6. The summed E-state index contributed by atoms with van der Waals surface area (Å²) in [5.74, 6) is -0.914. The molecule has 1 spiro atoms. The molecule has 2 unspecified atom stereocenters. The fourth-order valence-electron chi connectivity index (χ4n) is 5.67. The van der Waals surface area contributed by atoms with E-state index in [2.05, 4.69) is 9.71 Å². The molecule has 1 aromatic heterocycles. The second-order valence-electron chi connectivity index (χ2n) is 11.0. The van der Waals surface area contributed by atoms with Crippen LogP contribution >= 0.6 is 0 Å². The lowest BCUT2D eigenvalue weighted by molar-refractivity contribution is -0.0319. The van der Waals surface area contributed by atoms with E-state index in [4.69, 9.17) is 9.47 Å². The quantitative estimate of drug-likeness (QED) is 0.246. The number of sulfonamides is 2. The molecule has 5 rings (SSSR count). The van der Waals surface area contributed by atoms with Crippen molar-refractivity contribution in [3.8, 4) is 11.5 Å². The van der Waals surface area contributed by atoms with Crippen LogP contribution in [0.25, 0.3) is 10.9 Å². The first-order valence-corrected chi connectivity index (χ1v) is 16.9. The molecule has 1 amide bonds. The van der Waals surface area contributed by atoms with E-state index >= 15 is 0 Å². The molecule has 45 heavy (non-hydrogen) atoms. The number of aliphatic hydroxyl groups is 1. The van der Waals surface area contributed by atoms with Gasteiger partial charge in [-0.1, -0.05) is 6.07 Å². The summed E-state index contributed by atoms with van der Waals surface area (Å²) in [5.41, 5.74) is -0.671. The lowest BCUT2D eigenvalue weighted by atomic mass is 9.88. The fraction of sp³-hybridized carbons (Fsp3) is 0.429. The number of ether oxygens (including phenoxy) is 2. The van der Waals surface area contributed by atoms with Crippen LogP contribution in [0.5, 0.6) is 11.5 Å². The van der Waals surface area contributed by atoms with Gasteiger partial charge in [-0.3, -0.25) is 4.98 Å². The summed E-state index contributed by atoms with van der Waals surface area (Å²) in [4.78, 5) is 16.8. The Morgan fingerprint density at radius 1 is 1.22 bits per heavy atom. The number of hydrogen-bond donors (Lipinski definition) is 4. The molecule has 2 atom stereocenters. The molecule has 4 N–H and O–H groups in total. The van der Waals surface area contributed by atoms with Gasteiger partial charge in [-0.05, 0) is 50.6 Å². The number of piperidine rings is 1. The maximum absolute atomic E-state index is 13.5. The number of aromatic hydroxyl groups is 1. The van der Waals surface area contributed by atoms with E-state index in [0.717, 1.165) is 23.2 Å². The van der Waals surface area contributed by atoms with E-state index in [1.54, 1.807) is 0 Å². The Bertz CT molecular complexity index is 1800. The number of halogens is 1. The molecule has 2 aliphatic heterocycles. The average Bonchev–Trinajstić information content (AvgIpc) is 3.41. The molecule has 2 saturated heterocycles. The number of amides is 1. The number of fused-ring (bicyclic) bond motifs is 1. The summed E-state index contributed by atoms with van der Waals surface area (Å²) < 4.78 is 79.4. The van der Waals surface area contributed by atoms with Crippen LogP contribution in [0.3, 0.4) is 0 Å². The Morgan fingerprint density at radius 3 is 2.64 bits per heavy atom. The van der Waals surface area contributed by atoms with E-state index in [9.17, 15) is 41.3 Å². The van der Waals surface area contributed by atoms with Crippen molar-refractivity contribution in [2.45, 2.75) is 46.8 Å². The number of nitrogens with zero attached hydrogens (tertiary/aromatic N) is 3. The van der Waals surface area contributed by atoms with Gasteiger partial charge >= 0.3 is 6.09 Å². The molecule has 0 bridgehead atoms. The van der Waals surface area contributed by atoms with E-state index in [1.807, 2.05) is 0 Å². The van der Waals surface area contributed by atoms with Crippen LogP contribution < -0.4 is 9.46 Å². The Kier molecular flexibility index (Phi) is 9.21. The fourth-order valence-corrected chi connectivity index (χ4v) is 7.92. The normalized spacial score (nSPS) is 19.5. The second kappa shape index (κ2) is 12.6. The molecule has 3 aromatic rings. The molecule has 0 aliphatic carbocycles. The number of aromatic nitrogens is 1. The maximum Gasteiger partial charge on any atom is 0.407 e. The molecule has 2 aliphatic rings. The van der Waals surface area contributed by atoms with Crippen LogP contribution in [0.2, 0.25) is 0 Å². The molecular formula is C28H33FN4O10S2. The molecule has 14 nitrogen and oxygen atoms in total. The second-order valence-corrected chi connectivity index (χ2v) is 14.8. The van der Waals surface area contributed by atoms with Gasteiger partial charge in [0.1, 0.15) is 34.9 Å². The number of aliphatic hydroxyl groups excluding tert-OH is 1. The molecule has 0 radical (unpaired) electrons. The third-order valence-corrected chi connectivity index (χ3v) is 11.4. The predicted octanol–water partition coefficient (Wildman–Crippen LogP) is 1.72. The van der Waals surface area contributed by atoms with Gasteiger partial charge in [0, 0.05) is 30.6 Å². The van der Waals surface area contributed by atoms with E-state index < -0.39 is 60.3 Å². The lowest BCUT2D eigenvalue weighted by Gasteiger charge is -2.38. The van der Waals surface area contributed by atoms with E-state index in [1.165, 1.54) is 41.7 Å². The van der Waals surface area contributed by atoms with Gasteiger partial charge in [-0.25, -0.2) is 30.7 Å². The number of hydrogen-bond acceptors (Lipinski definition) is 10. The van der Waals surface area contributed by atoms with Crippen molar-refractivity contribution in [2.75, 3.05) is 39.9 Å². The molecule has 244 valence electrons. The maximum atomic E-state index is 13.5. The van der Waals surface area contributed by atoms with Crippen molar-refractivity contribution < 1.29 is 50.8 Å². The van der Waals surface area contributed by atoms with Crippen LogP contribution in [0.15, 0.2) is 58.5 Å². The smallest absolute Gasteiger partial charge is 0.407 e. The minimum absolute atomic E-state index is 0.0289. The Morgan fingerprint density at radius 2 is 1.96 bits per heavy atom. The van der Waals surface area contributed by atoms with Crippen molar-refractivity contribution in [1.82, 2.24) is 18.9 Å². The summed E-state index contributed by atoms with van der Waals surface area (Å²) in [6, 6.07) is 8.49. The lowest BCUT2D eigenvalue weighted by Crippen LogP contribution is -2.48. The van der Waals surface area contributed by atoms with Crippen molar-refractivity contribution in [1.29, 1.82) is 0 Å². The van der Waals surface area contributed by atoms with Crippen LogP contribution in [0.4, 0.5) is 9.18 Å². The number of pyridine rings is 1. The molecule has 0 saturated carbocycles. The highest BCUT2D eigenvalue weighted by molar-refractivity contribution is 7.89. The first-order chi connectivity index (χ1) is 21.2. The first-order valence-electron chi connectivity index (χ1n) is 14.0. The van der Waals surface area contributed by atoms with Gasteiger partial charge in [0.2, 0.25) is 20.0 Å². The van der Waals surface area contributed by atoms with Crippen LogP contribution in [-0.4, -0.2) is 110 Å². The number of rotatable bonds is 10. The highest BCUT2D eigenvalue weighted by Crippen LogP contribution is 2.40. The zero-order valence-electron chi connectivity index (χ0n) is 24.2. The first kappa shape index (κ1) is 32.8. The average molecular weight is 669 g/mol. The van der Waals surface area contributed by atoms with Crippen molar-refractivity contribution in [3.63, 3.8) is 0 Å². The van der Waals surface area contributed by atoms with Gasteiger partial charge in [-0.15, -0.1) is 0 Å². The van der Waals surface area contributed by atoms with Crippen LogP contribution in [0.1, 0.15) is 19.3 Å². The van der Waals surface area contributed by atoms with Gasteiger partial charge in [0.25, 0.3) is 0 Å². The number of nitrogens with one attached hydrogen (secondary N) is 1. The molecular weight excluding hydrogens is 635 g/mol. The Hall–Kier alpha value is -3.61. The van der Waals surface area contributed by atoms with E-state index in [-0.39, 0.29) is 73.7 Å². The summed E-state index contributed by atoms with van der Waals surface area (Å²) in [6.45, 7) is -0.470. The van der Waals surface area contributed by atoms with Gasteiger partial charge in [0.15, 0.2) is 0 Å². The zero-order valence-corrected chi connectivity index (χ0v) is 25.8. The van der Waals surface area contributed by atoms with Gasteiger partial charge in [0.05, 0.1) is 41.4 Å². The summed E-state index contributed by atoms with van der Waals surface area (Å²) >= 11 is 0. The number of benzene rings is 2. The minimum Gasteiger partial charge on any atom is -0.506 e.